The number of hydrogen-bond donors (Lipinski definition) is 2. The third-order valence-electron chi connectivity index (χ3n) is 1.93. The van der Waals surface area contributed by atoms with Crippen LogP contribution >= 0.6 is 24.0 Å². The number of benzene rings is 1. The molecule has 3 N–H and O–H groups in total. The van der Waals surface area contributed by atoms with Crippen LogP contribution < -0.4 is 11.1 Å². The Bertz CT molecular complexity index is 314. The van der Waals surface area contributed by atoms with Crippen molar-refractivity contribution < 1.29 is 4.79 Å². The van der Waals surface area contributed by atoms with Gasteiger partial charge in [0, 0.05) is 5.02 Å². The maximum absolute atomic E-state index is 11.0. The normalized spacial score (nSPS) is 11.4. The molecule has 1 atom stereocenters. The maximum Gasteiger partial charge on any atom is 0.234 e. The smallest absolute Gasteiger partial charge is 0.234 e. The quantitative estimate of drug-likeness (QED) is 0.859. The maximum atomic E-state index is 11.0. The number of halogens is 2. The lowest BCUT2D eigenvalue weighted by molar-refractivity contribution is -0.120. The molecule has 3 nitrogen and oxygen atoms in total. The average Bonchev–Trinajstić information content (AvgIpc) is 2.18. The molecule has 0 radical (unpaired) electrons. The van der Waals surface area contributed by atoms with Crippen LogP contribution in [0.4, 0.5) is 0 Å². The van der Waals surface area contributed by atoms with Crippen molar-refractivity contribution in [2.45, 2.75) is 13.0 Å². The molecule has 0 bridgehead atoms. The fraction of sp³-hybridized carbons (Fsp3) is 0.300. The van der Waals surface area contributed by atoms with Crippen molar-refractivity contribution in [1.82, 2.24) is 5.32 Å². The largest absolute Gasteiger partial charge is 0.348 e. The van der Waals surface area contributed by atoms with E-state index in [1.54, 1.807) is 12.1 Å². The van der Waals surface area contributed by atoms with E-state index in [4.69, 9.17) is 17.3 Å². The van der Waals surface area contributed by atoms with Crippen LogP contribution in [-0.2, 0) is 4.79 Å². The number of hydrogen-bond acceptors (Lipinski definition) is 2. The average molecular weight is 249 g/mol. The molecule has 1 aromatic carbocycles. The van der Waals surface area contributed by atoms with Crippen molar-refractivity contribution in [2.75, 3.05) is 6.54 Å². The summed E-state index contributed by atoms with van der Waals surface area (Å²) in [7, 11) is 0. The highest BCUT2D eigenvalue weighted by Gasteiger charge is 2.07. The van der Waals surface area contributed by atoms with Gasteiger partial charge in [0.25, 0.3) is 0 Å². The third kappa shape index (κ3) is 4.51. The van der Waals surface area contributed by atoms with Crippen LogP contribution in [0.3, 0.4) is 0 Å². The molecule has 0 spiro atoms. The fourth-order valence-electron chi connectivity index (χ4n) is 1.14. The first-order valence-electron chi connectivity index (χ1n) is 4.38. The summed E-state index contributed by atoms with van der Waals surface area (Å²) in [5.41, 5.74) is 6.20. The van der Waals surface area contributed by atoms with Gasteiger partial charge >= 0.3 is 0 Å². The van der Waals surface area contributed by atoms with Crippen LogP contribution in [0.15, 0.2) is 24.3 Å². The Morgan fingerprint density at radius 1 is 1.47 bits per heavy atom. The van der Waals surface area contributed by atoms with Crippen molar-refractivity contribution in [3.8, 4) is 0 Å². The van der Waals surface area contributed by atoms with E-state index in [9.17, 15) is 4.79 Å². The van der Waals surface area contributed by atoms with Crippen LogP contribution in [0.2, 0.25) is 5.02 Å². The van der Waals surface area contributed by atoms with Crippen LogP contribution in [0.1, 0.15) is 18.5 Å². The minimum Gasteiger partial charge on any atom is -0.348 e. The molecule has 1 rings (SSSR count). The van der Waals surface area contributed by atoms with E-state index in [0.717, 1.165) is 5.56 Å². The Kier molecular flexibility index (Phi) is 6.32. The first-order valence-corrected chi connectivity index (χ1v) is 4.76. The summed E-state index contributed by atoms with van der Waals surface area (Å²) in [6.45, 7) is 1.91. The van der Waals surface area contributed by atoms with E-state index in [0.29, 0.717) is 5.02 Å². The molecular formula is C10H14Cl2N2O. The summed E-state index contributed by atoms with van der Waals surface area (Å²) in [5, 5.41) is 3.44. The molecule has 1 unspecified atom stereocenters. The standard InChI is InChI=1S/C10H13ClN2O.ClH/c1-7(13-10(14)6-12)8-2-4-9(11)5-3-8;/h2-5,7H,6,12H2,1H3,(H,13,14);1H. The molecule has 0 fully saturated rings. The van der Waals surface area contributed by atoms with Gasteiger partial charge in [-0.25, -0.2) is 0 Å². The highest BCUT2D eigenvalue weighted by molar-refractivity contribution is 6.30. The van der Waals surface area contributed by atoms with E-state index >= 15 is 0 Å². The lowest BCUT2D eigenvalue weighted by atomic mass is 10.1. The zero-order chi connectivity index (χ0) is 10.6. The number of rotatable bonds is 3. The Balaban J connectivity index is 0.00000196. The summed E-state index contributed by atoms with van der Waals surface area (Å²) in [6, 6.07) is 7.31. The molecule has 5 heteroatoms. The second-order valence-electron chi connectivity index (χ2n) is 3.04. The van der Waals surface area contributed by atoms with E-state index in [2.05, 4.69) is 5.32 Å². The Labute approximate surface area is 100 Å². The Hall–Kier alpha value is -0.770. The van der Waals surface area contributed by atoms with Gasteiger partial charge in [-0.05, 0) is 24.6 Å². The van der Waals surface area contributed by atoms with Gasteiger partial charge in [-0.1, -0.05) is 23.7 Å². The Morgan fingerprint density at radius 2 is 2.00 bits per heavy atom. The minimum absolute atomic E-state index is 0. The SMILES string of the molecule is CC(NC(=O)CN)c1ccc(Cl)cc1.Cl. The van der Waals surface area contributed by atoms with Gasteiger partial charge in [-0.2, -0.15) is 0 Å². The number of nitrogens with one attached hydrogen (secondary N) is 1. The van der Waals surface area contributed by atoms with Gasteiger partial charge in [0.05, 0.1) is 12.6 Å². The monoisotopic (exact) mass is 248 g/mol. The van der Waals surface area contributed by atoms with E-state index in [1.807, 2.05) is 19.1 Å². The van der Waals surface area contributed by atoms with Gasteiger partial charge < -0.3 is 11.1 Å². The molecule has 1 amide bonds. The molecule has 0 aliphatic rings. The van der Waals surface area contributed by atoms with Gasteiger partial charge in [-0.15, -0.1) is 12.4 Å². The van der Waals surface area contributed by atoms with Crippen LogP contribution in [-0.4, -0.2) is 12.5 Å². The second kappa shape index (κ2) is 6.67. The van der Waals surface area contributed by atoms with E-state index in [-0.39, 0.29) is 30.9 Å². The molecule has 0 heterocycles. The summed E-state index contributed by atoms with van der Waals surface area (Å²) in [4.78, 5) is 11.0. The summed E-state index contributed by atoms with van der Waals surface area (Å²) >= 11 is 5.74. The minimum atomic E-state index is -0.160. The first-order chi connectivity index (χ1) is 6.63. The number of nitrogens with two attached hydrogens (primary N) is 1. The molecule has 84 valence electrons. The topological polar surface area (TPSA) is 55.1 Å². The highest BCUT2D eigenvalue weighted by Crippen LogP contribution is 2.15. The van der Waals surface area contributed by atoms with E-state index in [1.165, 1.54) is 0 Å². The molecule has 0 saturated carbocycles. The van der Waals surface area contributed by atoms with Crippen molar-refractivity contribution in [2.24, 2.45) is 5.73 Å². The van der Waals surface area contributed by atoms with Crippen molar-refractivity contribution >= 4 is 29.9 Å². The molecular weight excluding hydrogens is 235 g/mol. The van der Waals surface area contributed by atoms with E-state index < -0.39 is 0 Å². The van der Waals surface area contributed by atoms with Crippen molar-refractivity contribution in [3.63, 3.8) is 0 Å². The zero-order valence-corrected chi connectivity index (χ0v) is 9.94. The fourth-order valence-corrected chi connectivity index (χ4v) is 1.26. The predicted molar refractivity (Wildman–Crippen MR) is 64.3 cm³/mol. The van der Waals surface area contributed by atoms with Gasteiger partial charge in [0.1, 0.15) is 0 Å². The van der Waals surface area contributed by atoms with Gasteiger partial charge in [-0.3, -0.25) is 4.79 Å². The first kappa shape index (κ1) is 14.2. The summed E-state index contributed by atoms with van der Waals surface area (Å²) in [6.07, 6.45) is 0. The van der Waals surface area contributed by atoms with Crippen LogP contribution in [0.25, 0.3) is 0 Å². The lowest BCUT2D eigenvalue weighted by Crippen LogP contribution is -2.32. The number of carbonyl (C=O) groups is 1. The molecule has 0 saturated heterocycles. The number of carbonyl (C=O) groups excluding carboxylic acids is 1. The van der Waals surface area contributed by atoms with Gasteiger partial charge in [0.15, 0.2) is 0 Å². The lowest BCUT2D eigenvalue weighted by Gasteiger charge is -2.13. The molecule has 15 heavy (non-hydrogen) atoms. The van der Waals surface area contributed by atoms with Crippen LogP contribution in [0, 0.1) is 0 Å². The second-order valence-corrected chi connectivity index (χ2v) is 3.48. The molecule has 0 aliphatic carbocycles. The van der Waals surface area contributed by atoms with Gasteiger partial charge in [0.2, 0.25) is 5.91 Å². The highest BCUT2D eigenvalue weighted by atomic mass is 35.5. The zero-order valence-electron chi connectivity index (χ0n) is 8.37. The van der Waals surface area contributed by atoms with Crippen LogP contribution in [0.5, 0.6) is 0 Å². The molecule has 0 aromatic heterocycles. The molecule has 1 aromatic rings. The number of amides is 1. The summed E-state index contributed by atoms with van der Waals surface area (Å²) < 4.78 is 0. The van der Waals surface area contributed by atoms with Crippen molar-refractivity contribution in [1.29, 1.82) is 0 Å². The molecule has 0 aliphatic heterocycles. The third-order valence-corrected chi connectivity index (χ3v) is 2.18. The summed E-state index contributed by atoms with van der Waals surface area (Å²) in [5.74, 6) is -0.160. The van der Waals surface area contributed by atoms with Crippen molar-refractivity contribution in [3.05, 3.63) is 34.9 Å². The Morgan fingerprint density at radius 3 is 2.47 bits per heavy atom. The predicted octanol–water partition coefficient (Wildman–Crippen LogP) is 1.90.